The van der Waals surface area contributed by atoms with Gasteiger partial charge < -0.3 is 4.74 Å². The number of ether oxygens (including phenoxy) is 1. The molecule has 0 aliphatic carbocycles. The highest BCUT2D eigenvalue weighted by Gasteiger charge is 2.22. The van der Waals surface area contributed by atoms with E-state index in [4.69, 9.17) is 0 Å². The summed E-state index contributed by atoms with van der Waals surface area (Å²) in [6.07, 6.45) is 0. The SMILES string of the molecule is COC(=O)c1ccc([N+](=O)OC)c(F)c1. The lowest BCUT2D eigenvalue weighted by molar-refractivity contribution is -0.737. The van der Waals surface area contributed by atoms with Crippen molar-refractivity contribution in [3.05, 3.63) is 34.5 Å². The van der Waals surface area contributed by atoms with Gasteiger partial charge in [-0.05, 0) is 12.1 Å². The van der Waals surface area contributed by atoms with Crippen LogP contribution in [0.3, 0.4) is 0 Å². The van der Waals surface area contributed by atoms with Crippen LogP contribution >= 0.6 is 0 Å². The number of rotatable bonds is 3. The quantitative estimate of drug-likeness (QED) is 0.566. The molecule has 0 N–H and O–H groups in total. The highest BCUT2D eigenvalue weighted by molar-refractivity contribution is 5.89. The molecule has 5 nitrogen and oxygen atoms in total. The summed E-state index contributed by atoms with van der Waals surface area (Å²) in [5, 5.41) is 0. The summed E-state index contributed by atoms with van der Waals surface area (Å²) < 4.78 is 17.6. The average molecular weight is 214 g/mol. The zero-order chi connectivity index (χ0) is 11.4. The van der Waals surface area contributed by atoms with E-state index in [0.29, 0.717) is 0 Å². The molecule has 0 saturated carbocycles. The molecular weight excluding hydrogens is 205 g/mol. The van der Waals surface area contributed by atoms with Gasteiger partial charge in [-0.3, -0.25) is 0 Å². The fourth-order valence-electron chi connectivity index (χ4n) is 0.998. The molecule has 0 bridgehead atoms. The smallest absolute Gasteiger partial charge is 0.352 e. The monoisotopic (exact) mass is 214 g/mol. The summed E-state index contributed by atoms with van der Waals surface area (Å²) >= 11 is 0. The molecule has 1 aromatic rings. The van der Waals surface area contributed by atoms with Crippen LogP contribution in [-0.4, -0.2) is 25.1 Å². The van der Waals surface area contributed by atoms with Gasteiger partial charge in [0.25, 0.3) is 4.92 Å². The van der Waals surface area contributed by atoms with Crippen molar-refractivity contribution in [3.8, 4) is 0 Å². The molecule has 0 heterocycles. The molecule has 6 heteroatoms. The Hall–Kier alpha value is -1.98. The van der Waals surface area contributed by atoms with Crippen molar-refractivity contribution in [2.45, 2.75) is 0 Å². The van der Waals surface area contributed by atoms with Gasteiger partial charge >= 0.3 is 11.7 Å². The van der Waals surface area contributed by atoms with Crippen LogP contribution in [0.25, 0.3) is 0 Å². The van der Waals surface area contributed by atoms with Crippen molar-refractivity contribution >= 4 is 11.7 Å². The molecule has 1 rings (SSSR count). The van der Waals surface area contributed by atoms with E-state index < -0.39 is 11.8 Å². The predicted octanol–water partition coefficient (Wildman–Crippen LogP) is 1.58. The lowest BCUT2D eigenvalue weighted by atomic mass is 10.2. The van der Waals surface area contributed by atoms with Gasteiger partial charge in [0.2, 0.25) is 5.82 Å². The number of methoxy groups -OCH3 is 1. The highest BCUT2D eigenvalue weighted by Crippen LogP contribution is 2.18. The van der Waals surface area contributed by atoms with Gasteiger partial charge in [-0.15, -0.1) is 0 Å². The van der Waals surface area contributed by atoms with Gasteiger partial charge in [0.1, 0.15) is 0 Å². The predicted molar refractivity (Wildman–Crippen MR) is 48.0 cm³/mol. The molecule has 0 amide bonds. The molecule has 0 atom stereocenters. The maximum absolute atomic E-state index is 13.3. The minimum absolute atomic E-state index is 0.0103. The molecule has 0 spiro atoms. The second kappa shape index (κ2) is 4.50. The van der Waals surface area contributed by atoms with Crippen LogP contribution in [0.15, 0.2) is 18.2 Å². The zero-order valence-electron chi connectivity index (χ0n) is 8.19. The first-order valence-electron chi connectivity index (χ1n) is 3.99. The number of esters is 1. The Bertz CT molecular complexity index is 405. The van der Waals surface area contributed by atoms with E-state index in [0.717, 1.165) is 19.2 Å². The van der Waals surface area contributed by atoms with Crippen LogP contribution in [0, 0.1) is 10.7 Å². The van der Waals surface area contributed by atoms with Crippen LogP contribution in [0.1, 0.15) is 10.4 Å². The Morgan fingerprint density at radius 3 is 2.53 bits per heavy atom. The normalized spacial score (nSPS) is 9.53. The Labute approximate surface area is 84.9 Å². The summed E-state index contributed by atoms with van der Waals surface area (Å²) in [7, 11) is 2.30. The minimum Gasteiger partial charge on any atom is -0.465 e. The molecule has 0 radical (unpaired) electrons. The van der Waals surface area contributed by atoms with Crippen LogP contribution in [0.5, 0.6) is 0 Å². The van der Waals surface area contributed by atoms with E-state index >= 15 is 0 Å². The number of halogens is 1. The molecule has 1 aromatic carbocycles. The van der Waals surface area contributed by atoms with Crippen LogP contribution in [0.4, 0.5) is 10.1 Å². The molecule has 0 aliphatic heterocycles. The van der Waals surface area contributed by atoms with Gasteiger partial charge in [-0.1, -0.05) is 0 Å². The first kappa shape index (κ1) is 11.1. The van der Waals surface area contributed by atoms with E-state index in [2.05, 4.69) is 9.57 Å². The first-order chi connectivity index (χ1) is 7.10. The third-order valence-electron chi connectivity index (χ3n) is 1.73. The molecule has 0 aliphatic rings. The van der Waals surface area contributed by atoms with Crippen LogP contribution in [-0.2, 0) is 9.57 Å². The standard InChI is InChI=1S/C9H9FNO4/c1-14-9(12)6-3-4-8(7(10)5-6)11(13)15-2/h3-5H,1-2H3/q+1. The van der Waals surface area contributed by atoms with Crippen LogP contribution in [0.2, 0.25) is 0 Å². The summed E-state index contributed by atoms with van der Waals surface area (Å²) in [4.78, 5) is 26.2. The number of carbonyl (C=O) groups is 1. The number of carbonyl (C=O) groups excluding carboxylic acids is 1. The maximum Gasteiger partial charge on any atom is 0.352 e. The van der Waals surface area contributed by atoms with Crippen molar-refractivity contribution in [2.24, 2.45) is 0 Å². The maximum atomic E-state index is 13.3. The highest BCUT2D eigenvalue weighted by atomic mass is 19.1. The van der Waals surface area contributed by atoms with Gasteiger partial charge in [-0.25, -0.2) is 9.63 Å². The molecule has 0 saturated heterocycles. The third kappa shape index (κ3) is 2.28. The summed E-state index contributed by atoms with van der Waals surface area (Å²) in [5.41, 5.74) is -0.270. The van der Waals surface area contributed by atoms with E-state index in [9.17, 15) is 14.1 Å². The summed E-state index contributed by atoms with van der Waals surface area (Å²) in [6.45, 7) is 0. The van der Waals surface area contributed by atoms with Crippen molar-refractivity contribution in [1.82, 2.24) is 0 Å². The summed E-state index contributed by atoms with van der Waals surface area (Å²) in [5.74, 6) is -1.52. The largest absolute Gasteiger partial charge is 0.465 e. The lowest BCUT2D eigenvalue weighted by Crippen LogP contribution is -2.05. The molecule has 0 fully saturated rings. The fraction of sp³-hybridized carbons (Fsp3) is 0.222. The molecule has 0 aromatic heterocycles. The van der Waals surface area contributed by atoms with Crippen molar-refractivity contribution in [2.75, 3.05) is 14.2 Å². The van der Waals surface area contributed by atoms with Gasteiger partial charge in [0.15, 0.2) is 7.11 Å². The Balaban J connectivity index is 3.08. The Morgan fingerprint density at radius 1 is 1.40 bits per heavy atom. The molecular formula is C9H9FNO4+. The number of hydrogen-bond acceptors (Lipinski definition) is 4. The fourth-order valence-corrected chi connectivity index (χ4v) is 0.998. The molecule has 0 unspecified atom stereocenters. The topological polar surface area (TPSA) is 55.6 Å². The molecule has 80 valence electrons. The first-order valence-corrected chi connectivity index (χ1v) is 3.99. The lowest BCUT2D eigenvalue weighted by Gasteiger charge is -1.98. The zero-order valence-corrected chi connectivity index (χ0v) is 8.19. The van der Waals surface area contributed by atoms with Crippen molar-refractivity contribution in [3.63, 3.8) is 0 Å². The van der Waals surface area contributed by atoms with Crippen molar-refractivity contribution in [1.29, 1.82) is 0 Å². The summed E-state index contributed by atoms with van der Waals surface area (Å²) in [6, 6.07) is 3.32. The number of hydrogen-bond donors (Lipinski definition) is 0. The molecule has 15 heavy (non-hydrogen) atoms. The van der Waals surface area contributed by atoms with E-state index in [1.165, 1.54) is 13.2 Å². The van der Waals surface area contributed by atoms with Crippen LogP contribution < -0.4 is 0 Å². The third-order valence-corrected chi connectivity index (χ3v) is 1.73. The van der Waals surface area contributed by atoms with Crippen molar-refractivity contribution < 1.29 is 23.7 Å². The Kier molecular flexibility index (Phi) is 3.33. The minimum atomic E-state index is -0.852. The van der Waals surface area contributed by atoms with E-state index in [1.54, 1.807) is 0 Å². The van der Waals surface area contributed by atoms with E-state index in [-0.39, 0.29) is 16.2 Å². The number of benzene rings is 1. The second-order valence-corrected chi connectivity index (χ2v) is 2.60. The number of nitrogens with zero attached hydrogens (tertiary/aromatic N) is 1. The van der Waals surface area contributed by atoms with Gasteiger partial charge in [0, 0.05) is 6.07 Å². The van der Waals surface area contributed by atoms with Gasteiger partial charge in [0.05, 0.1) is 17.6 Å². The van der Waals surface area contributed by atoms with Gasteiger partial charge in [-0.2, -0.15) is 4.39 Å². The Morgan fingerprint density at radius 2 is 2.07 bits per heavy atom. The van der Waals surface area contributed by atoms with E-state index in [1.807, 2.05) is 0 Å². The second-order valence-electron chi connectivity index (χ2n) is 2.60. The average Bonchev–Trinajstić information content (AvgIpc) is 2.26.